The van der Waals surface area contributed by atoms with Crippen molar-refractivity contribution in [3.05, 3.63) is 30.0 Å². The number of hydrogen-bond acceptors (Lipinski definition) is 3. The van der Waals surface area contributed by atoms with Crippen LogP contribution in [0, 0.1) is 0 Å². The fourth-order valence-electron chi connectivity index (χ4n) is 2.44. The molecule has 0 amide bonds. The zero-order chi connectivity index (χ0) is 16.1. The maximum absolute atomic E-state index is 10.9. The van der Waals surface area contributed by atoms with Crippen molar-refractivity contribution in [1.29, 1.82) is 0 Å². The lowest BCUT2D eigenvalue weighted by atomic mass is 10.1. The Labute approximate surface area is 139 Å². The van der Waals surface area contributed by atoms with Crippen LogP contribution in [0.25, 0.3) is 10.9 Å². The van der Waals surface area contributed by atoms with Gasteiger partial charge in [0.1, 0.15) is 6.04 Å². The maximum Gasteiger partial charge on any atom is 0.320 e. The zero-order valence-electron chi connectivity index (χ0n) is 12.1. The average molecular weight is 344 g/mol. The van der Waals surface area contributed by atoms with Gasteiger partial charge in [0, 0.05) is 54.1 Å². The average Bonchev–Trinajstić information content (AvgIpc) is 2.89. The number of nitrogens with one attached hydrogen (secondary N) is 1. The number of rotatable bonds is 8. The number of anilines is 1. The van der Waals surface area contributed by atoms with E-state index in [1.54, 1.807) is 0 Å². The van der Waals surface area contributed by atoms with Crippen molar-refractivity contribution in [1.82, 2.24) is 4.98 Å². The lowest BCUT2D eigenvalue weighted by Crippen LogP contribution is -2.32. The van der Waals surface area contributed by atoms with Crippen LogP contribution in [0.1, 0.15) is 5.56 Å². The second kappa shape index (κ2) is 7.72. The first-order valence-electron chi connectivity index (χ1n) is 7.02. The number of aromatic amines is 1. The van der Waals surface area contributed by atoms with Gasteiger partial charge in [-0.15, -0.1) is 23.2 Å². The highest BCUT2D eigenvalue weighted by Crippen LogP contribution is 2.25. The van der Waals surface area contributed by atoms with Crippen molar-refractivity contribution in [3.63, 3.8) is 0 Å². The van der Waals surface area contributed by atoms with E-state index in [-0.39, 0.29) is 0 Å². The Bertz CT molecular complexity index is 639. The molecule has 4 N–H and O–H groups in total. The Morgan fingerprint density at radius 3 is 2.59 bits per heavy atom. The number of aliphatic carboxylic acids is 1. The number of H-pyrrole nitrogens is 1. The van der Waals surface area contributed by atoms with Gasteiger partial charge in [0.05, 0.1) is 0 Å². The van der Waals surface area contributed by atoms with Crippen molar-refractivity contribution in [2.24, 2.45) is 5.73 Å². The van der Waals surface area contributed by atoms with Gasteiger partial charge in [0.25, 0.3) is 0 Å². The highest BCUT2D eigenvalue weighted by Gasteiger charge is 2.15. The highest BCUT2D eigenvalue weighted by atomic mass is 35.5. The smallest absolute Gasteiger partial charge is 0.320 e. The number of benzene rings is 1. The SMILES string of the molecule is NC(Cc1c[nH]c2cc(N(CCCl)CCCl)ccc12)C(=O)O. The molecule has 0 saturated carbocycles. The van der Waals surface area contributed by atoms with Crippen LogP contribution in [-0.2, 0) is 11.2 Å². The van der Waals surface area contributed by atoms with Crippen molar-refractivity contribution in [2.75, 3.05) is 29.7 Å². The maximum atomic E-state index is 10.9. The molecule has 1 heterocycles. The predicted octanol–water partition coefficient (Wildman–Crippen LogP) is 2.41. The Morgan fingerprint density at radius 1 is 1.32 bits per heavy atom. The molecule has 5 nitrogen and oxygen atoms in total. The summed E-state index contributed by atoms with van der Waals surface area (Å²) >= 11 is 11.7. The van der Waals surface area contributed by atoms with E-state index in [2.05, 4.69) is 9.88 Å². The van der Waals surface area contributed by atoms with Gasteiger partial charge in [-0.05, 0) is 17.7 Å². The molecular weight excluding hydrogens is 325 g/mol. The van der Waals surface area contributed by atoms with E-state index in [1.165, 1.54) is 0 Å². The molecule has 0 aliphatic heterocycles. The van der Waals surface area contributed by atoms with Crippen LogP contribution in [0.3, 0.4) is 0 Å². The minimum absolute atomic E-state index is 0.293. The molecule has 22 heavy (non-hydrogen) atoms. The number of aromatic nitrogens is 1. The molecule has 1 unspecified atom stereocenters. The number of alkyl halides is 2. The van der Waals surface area contributed by atoms with E-state index in [4.69, 9.17) is 34.0 Å². The predicted molar refractivity (Wildman–Crippen MR) is 91.3 cm³/mol. The summed E-state index contributed by atoms with van der Waals surface area (Å²) in [5, 5.41) is 9.90. The number of nitrogens with zero attached hydrogens (tertiary/aromatic N) is 1. The molecule has 2 rings (SSSR count). The molecule has 0 aliphatic carbocycles. The second-order valence-electron chi connectivity index (χ2n) is 5.06. The van der Waals surface area contributed by atoms with E-state index >= 15 is 0 Å². The lowest BCUT2D eigenvalue weighted by Gasteiger charge is -2.22. The van der Waals surface area contributed by atoms with Crippen LogP contribution in [0.2, 0.25) is 0 Å². The quantitative estimate of drug-likeness (QED) is 0.642. The number of halogens is 2. The molecule has 1 atom stereocenters. The lowest BCUT2D eigenvalue weighted by molar-refractivity contribution is -0.138. The van der Waals surface area contributed by atoms with Crippen LogP contribution >= 0.6 is 23.2 Å². The van der Waals surface area contributed by atoms with Gasteiger partial charge in [0.15, 0.2) is 0 Å². The van der Waals surface area contributed by atoms with Gasteiger partial charge in [-0.25, -0.2) is 0 Å². The molecule has 0 spiro atoms. The van der Waals surface area contributed by atoms with Crippen molar-refractivity contribution in [3.8, 4) is 0 Å². The summed E-state index contributed by atoms with van der Waals surface area (Å²) in [6, 6.07) is 5.08. The number of fused-ring (bicyclic) bond motifs is 1. The third-order valence-electron chi connectivity index (χ3n) is 3.58. The van der Waals surface area contributed by atoms with Crippen LogP contribution in [-0.4, -0.2) is 47.0 Å². The van der Waals surface area contributed by atoms with E-state index < -0.39 is 12.0 Å². The van der Waals surface area contributed by atoms with Gasteiger partial charge in [-0.1, -0.05) is 6.07 Å². The monoisotopic (exact) mass is 343 g/mol. The molecular formula is C15H19Cl2N3O2. The number of nitrogens with two attached hydrogens (primary N) is 1. The summed E-state index contributed by atoms with van der Waals surface area (Å²) in [5.41, 5.74) is 8.48. The minimum atomic E-state index is -0.999. The first-order valence-corrected chi connectivity index (χ1v) is 8.09. The van der Waals surface area contributed by atoms with E-state index in [0.29, 0.717) is 18.2 Å². The number of carboxylic acids is 1. The van der Waals surface area contributed by atoms with E-state index in [9.17, 15) is 4.79 Å². The van der Waals surface area contributed by atoms with E-state index in [0.717, 1.165) is 35.2 Å². The fourth-order valence-corrected chi connectivity index (χ4v) is 2.85. The molecule has 1 aromatic heterocycles. The summed E-state index contributed by atoms with van der Waals surface area (Å²) in [5.74, 6) is 0.0536. The van der Waals surface area contributed by atoms with Gasteiger partial charge in [0.2, 0.25) is 0 Å². The van der Waals surface area contributed by atoms with Gasteiger partial charge in [-0.2, -0.15) is 0 Å². The standard InChI is InChI=1S/C15H19Cl2N3O2/c16-3-5-20(6-4-17)11-1-2-12-10(7-13(18)15(21)22)9-19-14(12)8-11/h1-2,8-9,13,19H,3-7,18H2,(H,21,22). The van der Waals surface area contributed by atoms with Crippen molar-refractivity contribution >= 4 is 45.8 Å². The normalized spacial score (nSPS) is 12.5. The molecule has 0 aliphatic rings. The Hall–Kier alpha value is -1.43. The number of carbonyl (C=O) groups is 1. The van der Waals surface area contributed by atoms with Crippen molar-refractivity contribution in [2.45, 2.75) is 12.5 Å². The van der Waals surface area contributed by atoms with Crippen LogP contribution in [0.4, 0.5) is 5.69 Å². The van der Waals surface area contributed by atoms with Crippen LogP contribution < -0.4 is 10.6 Å². The molecule has 0 bridgehead atoms. The summed E-state index contributed by atoms with van der Waals surface area (Å²) in [6.45, 7) is 1.44. The topological polar surface area (TPSA) is 82.4 Å². The van der Waals surface area contributed by atoms with Gasteiger partial charge >= 0.3 is 5.97 Å². The molecule has 7 heteroatoms. The van der Waals surface area contributed by atoms with Crippen LogP contribution in [0.5, 0.6) is 0 Å². The Morgan fingerprint density at radius 2 is 2.00 bits per heavy atom. The third kappa shape index (κ3) is 3.85. The highest BCUT2D eigenvalue weighted by molar-refractivity contribution is 6.18. The minimum Gasteiger partial charge on any atom is -0.480 e. The summed E-state index contributed by atoms with van der Waals surface area (Å²) in [6.07, 6.45) is 2.10. The molecule has 120 valence electrons. The number of carboxylic acid groups (broad SMARTS) is 1. The third-order valence-corrected chi connectivity index (χ3v) is 3.92. The van der Waals surface area contributed by atoms with Gasteiger partial charge in [-0.3, -0.25) is 4.79 Å². The molecule has 1 aromatic carbocycles. The first kappa shape index (κ1) is 16.9. The van der Waals surface area contributed by atoms with Gasteiger partial charge < -0.3 is 20.7 Å². The van der Waals surface area contributed by atoms with Crippen LogP contribution in [0.15, 0.2) is 24.4 Å². The summed E-state index contributed by atoms with van der Waals surface area (Å²) < 4.78 is 0. The first-order chi connectivity index (χ1) is 10.6. The fraction of sp³-hybridized carbons (Fsp3) is 0.400. The number of hydrogen-bond donors (Lipinski definition) is 3. The van der Waals surface area contributed by atoms with E-state index in [1.807, 2.05) is 24.4 Å². The summed E-state index contributed by atoms with van der Waals surface area (Å²) in [4.78, 5) is 16.2. The largest absolute Gasteiger partial charge is 0.480 e. The summed E-state index contributed by atoms with van der Waals surface area (Å²) in [7, 11) is 0. The van der Waals surface area contributed by atoms with Crippen molar-refractivity contribution < 1.29 is 9.90 Å². The molecule has 2 aromatic rings. The Balaban J connectivity index is 2.27. The molecule has 0 fully saturated rings. The zero-order valence-corrected chi connectivity index (χ0v) is 13.6. The second-order valence-corrected chi connectivity index (χ2v) is 5.81. The molecule has 0 radical (unpaired) electrons. The molecule has 0 saturated heterocycles. The Kier molecular flexibility index (Phi) is 5.94.